The number of phenols is 1. The minimum atomic E-state index is -1.08. The van der Waals surface area contributed by atoms with Crippen LogP contribution >= 0.6 is 11.6 Å². The number of amides is 1. The van der Waals surface area contributed by atoms with Crippen molar-refractivity contribution in [3.8, 4) is 11.5 Å². The molecular weight excluding hydrogens is 432 g/mol. The molecule has 0 spiro atoms. The van der Waals surface area contributed by atoms with Crippen LogP contribution < -0.4 is 9.64 Å². The van der Waals surface area contributed by atoms with E-state index in [4.69, 9.17) is 16.3 Å². The first-order chi connectivity index (χ1) is 15.3. The van der Waals surface area contributed by atoms with Crippen molar-refractivity contribution >= 4 is 34.7 Å². The summed E-state index contributed by atoms with van der Waals surface area (Å²) in [5.74, 6) is -2.28. The van der Waals surface area contributed by atoms with Gasteiger partial charge >= 0.3 is 0 Å². The predicted octanol–water partition coefficient (Wildman–Crippen LogP) is 4.38. The van der Waals surface area contributed by atoms with E-state index in [2.05, 4.69) is 4.98 Å². The van der Waals surface area contributed by atoms with Crippen LogP contribution in [0.2, 0.25) is 5.02 Å². The highest BCUT2D eigenvalue weighted by molar-refractivity contribution is 6.52. The second kappa shape index (κ2) is 8.36. The van der Waals surface area contributed by atoms with Crippen LogP contribution in [0, 0.1) is 6.92 Å². The summed E-state index contributed by atoms with van der Waals surface area (Å²) in [6.07, 6.45) is 1.52. The van der Waals surface area contributed by atoms with Crippen molar-refractivity contribution in [3.63, 3.8) is 0 Å². The summed E-state index contributed by atoms with van der Waals surface area (Å²) in [6, 6.07) is 13.4. The van der Waals surface area contributed by atoms with Crippen molar-refractivity contribution in [1.29, 1.82) is 0 Å². The highest BCUT2D eigenvalue weighted by atomic mass is 35.5. The molecule has 1 saturated heterocycles. The molecule has 8 heteroatoms. The van der Waals surface area contributed by atoms with Gasteiger partial charge in [-0.25, -0.2) is 0 Å². The smallest absolute Gasteiger partial charge is 0.300 e. The van der Waals surface area contributed by atoms with Crippen LogP contribution in [0.25, 0.3) is 5.76 Å². The van der Waals surface area contributed by atoms with Crippen molar-refractivity contribution in [3.05, 3.63) is 88.2 Å². The van der Waals surface area contributed by atoms with E-state index in [1.807, 2.05) is 0 Å². The molecular formula is C24H19ClN2O5. The van der Waals surface area contributed by atoms with Gasteiger partial charge in [-0.15, -0.1) is 0 Å². The summed E-state index contributed by atoms with van der Waals surface area (Å²) in [7, 11) is 1.39. The van der Waals surface area contributed by atoms with Crippen molar-refractivity contribution in [2.45, 2.75) is 13.0 Å². The lowest BCUT2D eigenvalue weighted by atomic mass is 9.97. The number of hydrogen-bond donors (Lipinski definition) is 2. The molecule has 162 valence electrons. The molecule has 7 nitrogen and oxygen atoms in total. The quantitative estimate of drug-likeness (QED) is 0.347. The van der Waals surface area contributed by atoms with Crippen LogP contribution in [0.4, 0.5) is 5.69 Å². The first kappa shape index (κ1) is 21.4. The maximum Gasteiger partial charge on any atom is 0.300 e. The number of aromatic hydroxyl groups is 1. The number of aryl methyl sites for hydroxylation is 1. The average Bonchev–Trinajstić information content (AvgIpc) is 3.04. The molecule has 1 atom stereocenters. The highest BCUT2D eigenvalue weighted by Crippen LogP contribution is 2.45. The average molecular weight is 451 g/mol. The fourth-order valence-electron chi connectivity index (χ4n) is 3.82. The summed E-state index contributed by atoms with van der Waals surface area (Å²) < 4.78 is 5.35. The van der Waals surface area contributed by atoms with Gasteiger partial charge in [0.25, 0.3) is 11.7 Å². The molecule has 32 heavy (non-hydrogen) atoms. The summed E-state index contributed by atoms with van der Waals surface area (Å²) >= 11 is 6.28. The fourth-order valence-corrected chi connectivity index (χ4v) is 4.17. The zero-order valence-electron chi connectivity index (χ0n) is 17.2. The number of phenolic OH excluding ortho intramolecular Hbond substituents is 1. The number of aliphatic hydroxyl groups is 1. The summed E-state index contributed by atoms with van der Waals surface area (Å²) in [4.78, 5) is 31.7. The Bertz CT molecular complexity index is 1260. The van der Waals surface area contributed by atoms with E-state index < -0.39 is 23.5 Å². The Kier molecular flexibility index (Phi) is 5.59. The Balaban J connectivity index is 2.02. The number of Topliss-reactive ketones (excluding diaryl/α,β-unsaturated/α-hetero) is 1. The number of hydrogen-bond acceptors (Lipinski definition) is 6. The molecule has 1 aliphatic heterocycles. The molecule has 3 aromatic rings. The molecule has 1 unspecified atom stereocenters. The number of pyridine rings is 1. The zero-order chi connectivity index (χ0) is 23.0. The summed E-state index contributed by atoms with van der Waals surface area (Å²) in [5, 5.41) is 21.9. The van der Waals surface area contributed by atoms with Gasteiger partial charge in [-0.3, -0.25) is 19.5 Å². The molecule has 0 bridgehead atoms. The third kappa shape index (κ3) is 3.46. The third-order valence-corrected chi connectivity index (χ3v) is 5.48. The van der Waals surface area contributed by atoms with Crippen LogP contribution in [0.15, 0.2) is 66.4 Å². The molecule has 2 heterocycles. The van der Waals surface area contributed by atoms with Crippen LogP contribution in [-0.2, 0) is 9.59 Å². The molecule has 2 N–H and O–H groups in total. The van der Waals surface area contributed by atoms with E-state index in [9.17, 15) is 19.8 Å². The second-order valence-electron chi connectivity index (χ2n) is 7.24. The standard InChI is InChI=1S/C24H19ClN2O5/c1-13-11-14(23(32-2)15(25)12-13)21(29)19-20(16-7-5-6-10-26-16)27(24(31)22(19)30)17-8-3-4-9-18(17)28/h3-12,20,28-29H,1-2H3/b21-19+. The number of nitrogens with zero attached hydrogens (tertiary/aromatic N) is 2. The maximum atomic E-state index is 13.2. The van der Waals surface area contributed by atoms with E-state index in [1.165, 1.54) is 25.4 Å². The minimum absolute atomic E-state index is 0.124. The van der Waals surface area contributed by atoms with Gasteiger partial charge in [0.15, 0.2) is 0 Å². The molecule has 0 aliphatic carbocycles. The first-order valence-electron chi connectivity index (χ1n) is 9.69. The number of ketones is 1. The molecule has 0 saturated carbocycles. The molecule has 4 rings (SSSR count). The number of anilines is 1. The molecule has 2 aromatic carbocycles. The van der Waals surface area contributed by atoms with Crippen LogP contribution in [0.1, 0.15) is 22.9 Å². The lowest BCUT2D eigenvalue weighted by Gasteiger charge is -2.25. The van der Waals surface area contributed by atoms with Gasteiger partial charge in [-0.05, 0) is 48.9 Å². The Morgan fingerprint density at radius 3 is 2.50 bits per heavy atom. The van der Waals surface area contributed by atoms with E-state index in [-0.39, 0.29) is 33.3 Å². The predicted molar refractivity (Wildman–Crippen MR) is 120 cm³/mol. The Morgan fingerprint density at radius 2 is 1.84 bits per heavy atom. The number of halogens is 1. The van der Waals surface area contributed by atoms with Crippen molar-refractivity contribution in [2.24, 2.45) is 0 Å². The number of aromatic nitrogens is 1. The van der Waals surface area contributed by atoms with Gasteiger partial charge in [-0.2, -0.15) is 0 Å². The second-order valence-corrected chi connectivity index (χ2v) is 7.65. The lowest BCUT2D eigenvalue weighted by molar-refractivity contribution is -0.132. The number of methoxy groups -OCH3 is 1. The normalized spacial score (nSPS) is 17.6. The van der Waals surface area contributed by atoms with Gasteiger partial charge in [0.05, 0.1) is 34.7 Å². The van der Waals surface area contributed by atoms with Crippen LogP contribution in [0.3, 0.4) is 0 Å². The third-order valence-electron chi connectivity index (χ3n) is 5.20. The summed E-state index contributed by atoms with van der Waals surface area (Å²) in [5.41, 5.74) is 1.18. The number of rotatable bonds is 4. The highest BCUT2D eigenvalue weighted by Gasteiger charge is 2.48. The maximum absolute atomic E-state index is 13.2. The van der Waals surface area contributed by atoms with E-state index in [0.29, 0.717) is 5.69 Å². The van der Waals surface area contributed by atoms with E-state index in [1.54, 1.807) is 49.4 Å². The summed E-state index contributed by atoms with van der Waals surface area (Å²) in [6.45, 7) is 1.78. The Morgan fingerprint density at radius 1 is 1.12 bits per heavy atom. The van der Waals surface area contributed by atoms with Crippen molar-refractivity contribution < 1.29 is 24.5 Å². The Hall–Kier alpha value is -3.84. The number of carbonyl (C=O) groups excluding carboxylic acids is 2. The molecule has 1 aromatic heterocycles. The largest absolute Gasteiger partial charge is 0.507 e. The number of carbonyl (C=O) groups is 2. The van der Waals surface area contributed by atoms with Gasteiger partial charge in [-0.1, -0.05) is 29.8 Å². The van der Waals surface area contributed by atoms with Gasteiger partial charge in [0.1, 0.15) is 23.3 Å². The van der Waals surface area contributed by atoms with Crippen LogP contribution in [-0.4, -0.2) is 34.0 Å². The van der Waals surface area contributed by atoms with E-state index >= 15 is 0 Å². The first-order valence-corrected chi connectivity index (χ1v) is 10.1. The molecule has 0 radical (unpaired) electrons. The minimum Gasteiger partial charge on any atom is -0.507 e. The van der Waals surface area contributed by atoms with Gasteiger partial charge in [0.2, 0.25) is 0 Å². The van der Waals surface area contributed by atoms with Crippen LogP contribution in [0.5, 0.6) is 11.5 Å². The fraction of sp³-hybridized carbons (Fsp3) is 0.125. The number of para-hydroxylation sites is 2. The molecule has 1 amide bonds. The van der Waals surface area contributed by atoms with Crippen molar-refractivity contribution in [2.75, 3.05) is 12.0 Å². The van der Waals surface area contributed by atoms with Gasteiger partial charge < -0.3 is 14.9 Å². The monoisotopic (exact) mass is 450 g/mol. The molecule has 1 aliphatic rings. The number of aliphatic hydroxyl groups excluding tert-OH is 1. The number of ether oxygens (including phenoxy) is 1. The topological polar surface area (TPSA) is 100.0 Å². The molecule has 1 fully saturated rings. The number of benzene rings is 2. The Labute approximate surface area is 189 Å². The lowest BCUT2D eigenvalue weighted by Crippen LogP contribution is -2.29. The van der Waals surface area contributed by atoms with E-state index in [0.717, 1.165) is 10.5 Å². The van der Waals surface area contributed by atoms with Gasteiger partial charge in [0, 0.05) is 6.20 Å². The zero-order valence-corrected chi connectivity index (χ0v) is 18.0. The van der Waals surface area contributed by atoms with Crippen molar-refractivity contribution in [1.82, 2.24) is 4.98 Å². The SMILES string of the molecule is COc1c(Cl)cc(C)cc1/C(O)=C1\C(=O)C(=O)N(c2ccccc2O)C1c1ccccn1.